The number of aryl methyl sites for hydroxylation is 2. The van der Waals surface area contributed by atoms with Crippen LogP contribution in [0, 0.1) is 6.92 Å². The predicted molar refractivity (Wildman–Crippen MR) is 79.7 cm³/mol. The molecule has 0 bridgehead atoms. The third-order valence-corrected chi connectivity index (χ3v) is 3.75. The second-order valence-electron chi connectivity index (χ2n) is 4.48. The Morgan fingerprint density at radius 3 is 2.74 bits per heavy atom. The lowest BCUT2D eigenvalue weighted by molar-refractivity contribution is 0.799. The molecule has 1 aromatic carbocycles. The van der Waals surface area contributed by atoms with Gasteiger partial charge in [-0.05, 0) is 31.7 Å². The van der Waals surface area contributed by atoms with Crippen molar-refractivity contribution in [1.82, 2.24) is 9.97 Å². The zero-order valence-corrected chi connectivity index (χ0v) is 11.9. The van der Waals surface area contributed by atoms with E-state index in [0.717, 1.165) is 35.9 Å². The van der Waals surface area contributed by atoms with Crippen molar-refractivity contribution >= 4 is 11.8 Å². The number of aromatic amines is 1. The number of thioether (sulfide) groups is 1. The van der Waals surface area contributed by atoms with Crippen molar-refractivity contribution in [3.05, 3.63) is 58.0 Å². The summed E-state index contributed by atoms with van der Waals surface area (Å²) in [4.78, 5) is 18.3. The molecule has 1 N–H and O–H groups in total. The topological polar surface area (TPSA) is 45.8 Å². The molecule has 1 heterocycles. The van der Waals surface area contributed by atoms with Crippen LogP contribution in [0.4, 0.5) is 0 Å². The van der Waals surface area contributed by atoms with E-state index in [0.29, 0.717) is 0 Å². The first-order valence-electron chi connectivity index (χ1n) is 6.49. The summed E-state index contributed by atoms with van der Waals surface area (Å²) in [5, 5.41) is 0.727. The van der Waals surface area contributed by atoms with E-state index in [1.165, 1.54) is 11.6 Å². The van der Waals surface area contributed by atoms with Crippen LogP contribution in [0.25, 0.3) is 0 Å². The first kappa shape index (κ1) is 13.9. The number of nitrogens with one attached hydrogen (secondary N) is 1. The van der Waals surface area contributed by atoms with E-state index in [-0.39, 0.29) is 5.56 Å². The number of benzene rings is 1. The smallest absolute Gasteiger partial charge is 0.251 e. The van der Waals surface area contributed by atoms with Crippen LogP contribution in [0.5, 0.6) is 0 Å². The van der Waals surface area contributed by atoms with Crippen molar-refractivity contribution in [2.45, 2.75) is 31.3 Å². The summed E-state index contributed by atoms with van der Waals surface area (Å²) in [6.07, 6.45) is 3.39. The van der Waals surface area contributed by atoms with Gasteiger partial charge in [-0.2, -0.15) is 0 Å². The highest BCUT2D eigenvalue weighted by Crippen LogP contribution is 2.14. The lowest BCUT2D eigenvalue weighted by atomic mass is 10.1. The summed E-state index contributed by atoms with van der Waals surface area (Å²) in [5.74, 6) is 0.985. The molecular formula is C15H18N2OS. The van der Waals surface area contributed by atoms with Crippen molar-refractivity contribution in [3.8, 4) is 0 Å². The van der Waals surface area contributed by atoms with Gasteiger partial charge >= 0.3 is 0 Å². The Labute approximate surface area is 117 Å². The molecule has 0 aliphatic rings. The number of aromatic nitrogens is 2. The molecule has 1 aromatic heterocycles. The fourth-order valence-electron chi connectivity index (χ4n) is 1.86. The van der Waals surface area contributed by atoms with E-state index in [1.807, 2.05) is 13.0 Å². The Morgan fingerprint density at radius 2 is 2.00 bits per heavy atom. The molecule has 19 heavy (non-hydrogen) atoms. The zero-order chi connectivity index (χ0) is 13.5. The number of H-pyrrole nitrogens is 1. The van der Waals surface area contributed by atoms with Gasteiger partial charge in [0.15, 0.2) is 5.16 Å². The van der Waals surface area contributed by atoms with Crippen LogP contribution in [0.3, 0.4) is 0 Å². The van der Waals surface area contributed by atoms with E-state index in [2.05, 4.69) is 34.2 Å². The molecule has 0 fully saturated rings. The monoisotopic (exact) mass is 274 g/mol. The van der Waals surface area contributed by atoms with Crippen LogP contribution in [0.1, 0.15) is 24.1 Å². The van der Waals surface area contributed by atoms with E-state index in [4.69, 9.17) is 0 Å². The van der Waals surface area contributed by atoms with E-state index in [9.17, 15) is 4.79 Å². The Bertz CT molecular complexity index is 566. The molecule has 0 aliphatic carbocycles. The Balaban J connectivity index is 1.71. The molecule has 0 saturated heterocycles. The second-order valence-corrected chi connectivity index (χ2v) is 5.57. The molecule has 0 aliphatic heterocycles. The quantitative estimate of drug-likeness (QED) is 0.500. The minimum absolute atomic E-state index is 0.0701. The number of nitrogens with zero attached hydrogens (tertiary/aromatic N) is 1. The fraction of sp³-hybridized carbons (Fsp3) is 0.333. The predicted octanol–water partition coefficient (Wildman–Crippen LogP) is 3.19. The van der Waals surface area contributed by atoms with Gasteiger partial charge in [0.2, 0.25) is 0 Å². The SMILES string of the molecule is Cc1cc(=O)[nH]c(SCCCCc2ccccc2)n1. The minimum atomic E-state index is -0.0701. The molecule has 2 aromatic rings. The van der Waals surface area contributed by atoms with Crippen molar-refractivity contribution < 1.29 is 0 Å². The van der Waals surface area contributed by atoms with E-state index in [1.54, 1.807) is 11.8 Å². The van der Waals surface area contributed by atoms with Crippen LogP contribution in [-0.4, -0.2) is 15.7 Å². The highest BCUT2D eigenvalue weighted by molar-refractivity contribution is 7.99. The van der Waals surface area contributed by atoms with Gasteiger partial charge in [0.25, 0.3) is 5.56 Å². The molecule has 0 amide bonds. The molecule has 4 heteroatoms. The third-order valence-electron chi connectivity index (χ3n) is 2.79. The second kappa shape index (κ2) is 7.14. The highest BCUT2D eigenvalue weighted by Gasteiger charge is 1.99. The molecule has 0 atom stereocenters. The number of rotatable bonds is 6. The molecule has 0 saturated carbocycles. The average Bonchev–Trinajstić information content (AvgIpc) is 2.38. The van der Waals surface area contributed by atoms with Crippen LogP contribution >= 0.6 is 11.8 Å². The van der Waals surface area contributed by atoms with Gasteiger partial charge in [0.1, 0.15) is 0 Å². The van der Waals surface area contributed by atoms with Gasteiger partial charge in [-0.25, -0.2) is 4.98 Å². The normalized spacial score (nSPS) is 10.6. The molecule has 3 nitrogen and oxygen atoms in total. The first-order chi connectivity index (χ1) is 9.24. The lowest BCUT2D eigenvalue weighted by Crippen LogP contribution is -2.08. The van der Waals surface area contributed by atoms with E-state index < -0.39 is 0 Å². The summed E-state index contributed by atoms with van der Waals surface area (Å²) in [5.41, 5.74) is 2.09. The summed E-state index contributed by atoms with van der Waals surface area (Å²) in [6, 6.07) is 12.0. The number of hydrogen-bond acceptors (Lipinski definition) is 3. The maximum absolute atomic E-state index is 11.3. The summed E-state index contributed by atoms with van der Waals surface area (Å²) >= 11 is 1.62. The fourth-order valence-corrected chi connectivity index (χ4v) is 2.79. The Hall–Kier alpha value is -1.55. The highest BCUT2D eigenvalue weighted by atomic mass is 32.2. The van der Waals surface area contributed by atoms with E-state index >= 15 is 0 Å². The number of unbranched alkanes of at least 4 members (excludes halogenated alkanes) is 1. The maximum atomic E-state index is 11.3. The van der Waals surface area contributed by atoms with Gasteiger partial charge in [-0.1, -0.05) is 42.1 Å². The molecular weight excluding hydrogens is 256 g/mol. The Kier molecular flexibility index (Phi) is 5.21. The standard InChI is InChI=1S/C15H18N2OS/c1-12-11-14(18)17-15(16-12)19-10-6-5-9-13-7-3-2-4-8-13/h2-4,7-8,11H,5-6,9-10H2,1H3,(H,16,17,18). The zero-order valence-electron chi connectivity index (χ0n) is 11.1. The van der Waals surface area contributed by atoms with Crippen LogP contribution < -0.4 is 5.56 Å². The molecule has 100 valence electrons. The molecule has 0 spiro atoms. The molecule has 0 unspecified atom stereocenters. The van der Waals surface area contributed by atoms with Gasteiger partial charge in [0, 0.05) is 17.5 Å². The van der Waals surface area contributed by atoms with Crippen molar-refractivity contribution in [1.29, 1.82) is 0 Å². The van der Waals surface area contributed by atoms with Gasteiger partial charge in [0.05, 0.1) is 0 Å². The van der Waals surface area contributed by atoms with Crippen LogP contribution in [0.2, 0.25) is 0 Å². The summed E-state index contributed by atoms with van der Waals surface area (Å²) in [6.45, 7) is 1.84. The van der Waals surface area contributed by atoms with Crippen molar-refractivity contribution in [2.24, 2.45) is 0 Å². The minimum Gasteiger partial charge on any atom is -0.301 e. The first-order valence-corrected chi connectivity index (χ1v) is 7.47. The Morgan fingerprint density at radius 1 is 1.21 bits per heavy atom. The van der Waals surface area contributed by atoms with Gasteiger partial charge < -0.3 is 4.98 Å². The van der Waals surface area contributed by atoms with Crippen LogP contribution in [0.15, 0.2) is 46.3 Å². The van der Waals surface area contributed by atoms with Crippen LogP contribution in [-0.2, 0) is 6.42 Å². The largest absolute Gasteiger partial charge is 0.301 e. The lowest BCUT2D eigenvalue weighted by Gasteiger charge is -2.02. The van der Waals surface area contributed by atoms with Gasteiger partial charge in [-0.15, -0.1) is 0 Å². The average molecular weight is 274 g/mol. The van der Waals surface area contributed by atoms with Crippen molar-refractivity contribution in [2.75, 3.05) is 5.75 Å². The molecule has 2 rings (SSSR count). The summed E-state index contributed by atoms with van der Waals surface area (Å²) in [7, 11) is 0. The van der Waals surface area contributed by atoms with Crippen molar-refractivity contribution in [3.63, 3.8) is 0 Å². The summed E-state index contributed by atoms with van der Waals surface area (Å²) < 4.78 is 0. The number of hydrogen-bond donors (Lipinski definition) is 1. The molecule has 0 radical (unpaired) electrons. The maximum Gasteiger partial charge on any atom is 0.251 e. The van der Waals surface area contributed by atoms with Gasteiger partial charge in [-0.3, -0.25) is 4.79 Å². The third kappa shape index (κ3) is 4.91.